The van der Waals surface area contributed by atoms with Gasteiger partial charge in [0.2, 0.25) is 10.0 Å². The van der Waals surface area contributed by atoms with Crippen LogP contribution < -0.4 is 4.72 Å². The lowest BCUT2D eigenvalue weighted by Crippen LogP contribution is -2.29. The molecule has 6 nitrogen and oxygen atoms in total. The third-order valence-corrected chi connectivity index (χ3v) is 2.98. The molecule has 0 heterocycles. The lowest BCUT2D eigenvalue weighted by molar-refractivity contribution is 0.562. The van der Waals surface area contributed by atoms with Crippen LogP contribution in [0.5, 0.6) is 0 Å². The van der Waals surface area contributed by atoms with Gasteiger partial charge in [0, 0.05) is 18.0 Å². The number of azide groups is 1. The molecule has 0 aliphatic carbocycles. The molecule has 0 saturated heterocycles. The first-order chi connectivity index (χ1) is 6.48. The second-order valence-corrected chi connectivity index (χ2v) is 5.28. The van der Waals surface area contributed by atoms with Gasteiger partial charge in [0.15, 0.2) is 0 Å². The minimum absolute atomic E-state index is 0.126. The molecular formula is C7H16N4O2S. The zero-order valence-electron chi connectivity index (χ0n) is 8.47. The van der Waals surface area contributed by atoms with Crippen LogP contribution in [-0.4, -0.2) is 27.3 Å². The van der Waals surface area contributed by atoms with Gasteiger partial charge in [-0.05, 0) is 17.9 Å². The van der Waals surface area contributed by atoms with E-state index in [-0.39, 0.29) is 18.8 Å². The van der Waals surface area contributed by atoms with Crippen molar-refractivity contribution in [2.75, 3.05) is 18.8 Å². The van der Waals surface area contributed by atoms with Crippen molar-refractivity contribution in [2.45, 2.75) is 20.3 Å². The molecule has 0 aliphatic heterocycles. The smallest absolute Gasteiger partial charge is 0.211 e. The van der Waals surface area contributed by atoms with Gasteiger partial charge < -0.3 is 0 Å². The molecule has 0 aromatic rings. The molecule has 0 spiro atoms. The molecule has 0 bridgehead atoms. The fourth-order valence-corrected chi connectivity index (χ4v) is 2.09. The highest BCUT2D eigenvalue weighted by atomic mass is 32.2. The summed E-state index contributed by atoms with van der Waals surface area (Å²) in [6, 6.07) is 0. The highest BCUT2D eigenvalue weighted by Crippen LogP contribution is 2.01. The van der Waals surface area contributed by atoms with Crippen molar-refractivity contribution in [3.05, 3.63) is 10.4 Å². The maximum Gasteiger partial charge on any atom is 0.211 e. The summed E-state index contributed by atoms with van der Waals surface area (Å²) in [7, 11) is -3.19. The molecule has 0 unspecified atom stereocenters. The largest absolute Gasteiger partial charge is 0.215 e. The number of rotatable bonds is 7. The molecule has 7 heteroatoms. The summed E-state index contributed by atoms with van der Waals surface area (Å²) in [5.74, 6) is 0.490. The average molecular weight is 220 g/mol. The van der Waals surface area contributed by atoms with Gasteiger partial charge in [0.1, 0.15) is 0 Å². The third-order valence-electron chi connectivity index (χ3n) is 1.56. The van der Waals surface area contributed by atoms with Crippen LogP contribution in [0, 0.1) is 5.92 Å². The van der Waals surface area contributed by atoms with E-state index in [4.69, 9.17) is 5.53 Å². The fourth-order valence-electron chi connectivity index (χ4n) is 0.759. The Morgan fingerprint density at radius 1 is 1.50 bits per heavy atom. The Morgan fingerprint density at radius 2 is 2.14 bits per heavy atom. The molecule has 1 N–H and O–H groups in total. The Labute approximate surface area is 84.4 Å². The average Bonchev–Trinajstić information content (AvgIpc) is 2.10. The molecule has 82 valence electrons. The van der Waals surface area contributed by atoms with Gasteiger partial charge in [-0.25, -0.2) is 13.1 Å². The normalized spacial score (nSPS) is 11.4. The maximum absolute atomic E-state index is 11.3. The van der Waals surface area contributed by atoms with Gasteiger partial charge >= 0.3 is 0 Å². The van der Waals surface area contributed by atoms with Gasteiger partial charge in [-0.2, -0.15) is 0 Å². The Kier molecular flexibility index (Phi) is 6.27. The molecule has 0 radical (unpaired) electrons. The number of sulfonamides is 1. The van der Waals surface area contributed by atoms with Gasteiger partial charge in [0.05, 0.1) is 5.75 Å². The van der Waals surface area contributed by atoms with E-state index in [1.165, 1.54) is 0 Å². The van der Waals surface area contributed by atoms with Gasteiger partial charge in [0.25, 0.3) is 0 Å². The molecule has 0 fully saturated rings. The van der Waals surface area contributed by atoms with Crippen LogP contribution in [-0.2, 0) is 10.0 Å². The topological polar surface area (TPSA) is 94.9 Å². The Hall–Kier alpha value is -0.780. The summed E-state index contributed by atoms with van der Waals surface area (Å²) < 4.78 is 24.9. The SMILES string of the molecule is CC(C)CCS(=O)(=O)NCCN=[N+]=[N-]. The van der Waals surface area contributed by atoms with Crippen LogP contribution in [0.4, 0.5) is 0 Å². The number of nitrogens with one attached hydrogen (secondary N) is 1. The Morgan fingerprint density at radius 3 is 2.64 bits per heavy atom. The predicted molar refractivity (Wildman–Crippen MR) is 55.3 cm³/mol. The van der Waals surface area contributed by atoms with Crippen LogP contribution in [0.2, 0.25) is 0 Å². The van der Waals surface area contributed by atoms with Crippen LogP contribution in [0.1, 0.15) is 20.3 Å². The first-order valence-electron chi connectivity index (χ1n) is 4.46. The zero-order valence-corrected chi connectivity index (χ0v) is 9.29. The van der Waals surface area contributed by atoms with E-state index in [1.54, 1.807) is 0 Å². The number of nitrogens with zero attached hydrogens (tertiary/aromatic N) is 3. The first-order valence-corrected chi connectivity index (χ1v) is 6.11. The van der Waals surface area contributed by atoms with Crippen LogP contribution in [0.15, 0.2) is 5.11 Å². The highest BCUT2D eigenvalue weighted by Gasteiger charge is 2.09. The minimum atomic E-state index is -3.19. The fraction of sp³-hybridized carbons (Fsp3) is 1.00. The predicted octanol–water partition coefficient (Wildman–Crippen LogP) is 1.26. The van der Waals surface area contributed by atoms with E-state index in [9.17, 15) is 8.42 Å². The van der Waals surface area contributed by atoms with Crippen LogP contribution >= 0.6 is 0 Å². The lowest BCUT2D eigenvalue weighted by atomic mass is 10.2. The van der Waals surface area contributed by atoms with E-state index in [2.05, 4.69) is 14.7 Å². The molecule has 0 atom stereocenters. The number of hydrogen-bond acceptors (Lipinski definition) is 3. The van der Waals surface area contributed by atoms with E-state index in [1.807, 2.05) is 13.8 Å². The van der Waals surface area contributed by atoms with E-state index in [0.717, 1.165) is 0 Å². The first kappa shape index (κ1) is 13.2. The molecule has 0 aromatic carbocycles. The Bertz CT molecular complexity index is 293. The van der Waals surface area contributed by atoms with Crippen molar-refractivity contribution in [1.82, 2.24) is 4.72 Å². The van der Waals surface area contributed by atoms with E-state index < -0.39 is 10.0 Å². The summed E-state index contributed by atoms with van der Waals surface area (Å²) in [6.07, 6.45) is 0.636. The van der Waals surface area contributed by atoms with Gasteiger partial charge in [-0.1, -0.05) is 19.0 Å². The Balaban J connectivity index is 3.78. The molecule has 0 aliphatic rings. The molecule has 0 saturated carbocycles. The summed E-state index contributed by atoms with van der Waals surface area (Å²) in [5, 5.41) is 3.22. The molecule has 0 rings (SSSR count). The highest BCUT2D eigenvalue weighted by molar-refractivity contribution is 7.89. The summed E-state index contributed by atoms with van der Waals surface area (Å²) in [6.45, 7) is 4.26. The van der Waals surface area contributed by atoms with Gasteiger partial charge in [-0.3, -0.25) is 0 Å². The van der Waals surface area contributed by atoms with E-state index in [0.29, 0.717) is 12.3 Å². The van der Waals surface area contributed by atoms with Crippen molar-refractivity contribution in [1.29, 1.82) is 0 Å². The van der Waals surface area contributed by atoms with Crippen molar-refractivity contribution < 1.29 is 8.42 Å². The van der Waals surface area contributed by atoms with Crippen LogP contribution in [0.3, 0.4) is 0 Å². The van der Waals surface area contributed by atoms with E-state index >= 15 is 0 Å². The third kappa shape index (κ3) is 7.85. The molecular weight excluding hydrogens is 204 g/mol. The van der Waals surface area contributed by atoms with Crippen molar-refractivity contribution >= 4 is 10.0 Å². The van der Waals surface area contributed by atoms with Crippen molar-refractivity contribution in [3.8, 4) is 0 Å². The summed E-state index contributed by atoms with van der Waals surface area (Å²) >= 11 is 0. The second kappa shape index (κ2) is 6.64. The zero-order chi connectivity index (χ0) is 11.0. The molecule has 0 amide bonds. The van der Waals surface area contributed by atoms with Crippen molar-refractivity contribution in [3.63, 3.8) is 0 Å². The molecule has 14 heavy (non-hydrogen) atoms. The summed E-state index contributed by atoms with van der Waals surface area (Å²) in [4.78, 5) is 2.52. The summed E-state index contributed by atoms with van der Waals surface area (Å²) in [5.41, 5.74) is 7.95. The van der Waals surface area contributed by atoms with Gasteiger partial charge in [-0.15, -0.1) is 0 Å². The number of hydrogen-bond donors (Lipinski definition) is 1. The van der Waals surface area contributed by atoms with Crippen LogP contribution in [0.25, 0.3) is 10.4 Å². The standard InChI is InChI=1S/C7H16N4O2S/c1-7(2)3-6-14(12,13)10-5-4-9-11-8/h7,10H,3-6H2,1-2H3. The monoisotopic (exact) mass is 220 g/mol. The maximum atomic E-state index is 11.3. The quantitative estimate of drug-likeness (QED) is 0.302. The second-order valence-electron chi connectivity index (χ2n) is 3.35. The molecule has 0 aromatic heterocycles. The van der Waals surface area contributed by atoms with Crippen molar-refractivity contribution in [2.24, 2.45) is 11.0 Å². The lowest BCUT2D eigenvalue weighted by Gasteiger charge is -2.06. The minimum Gasteiger partial charge on any atom is -0.215 e.